The number of unbranched alkanes of at least 4 members (excludes halogenated alkanes) is 42. The van der Waals surface area contributed by atoms with Gasteiger partial charge in [-0.15, -0.1) is 0 Å². The fourth-order valence-electron chi connectivity index (χ4n) is 8.80. The van der Waals surface area contributed by atoms with E-state index in [4.69, 9.17) is 14.2 Å². The van der Waals surface area contributed by atoms with Crippen LogP contribution in [0.4, 0.5) is 0 Å². The van der Waals surface area contributed by atoms with Gasteiger partial charge in [0, 0.05) is 19.3 Å². The Balaban J connectivity index is 4.13. The molecule has 1 atom stereocenters. The van der Waals surface area contributed by atoms with E-state index in [1.807, 2.05) is 0 Å². The predicted molar refractivity (Wildman–Crippen MR) is 270 cm³/mol. The van der Waals surface area contributed by atoms with E-state index in [2.05, 4.69) is 20.8 Å². The topological polar surface area (TPSA) is 78.9 Å². The molecule has 0 spiro atoms. The molecular weight excluding hydrogens is 781 g/mol. The summed E-state index contributed by atoms with van der Waals surface area (Å²) < 4.78 is 16.8. The van der Waals surface area contributed by atoms with E-state index >= 15 is 0 Å². The Morgan fingerprint density at radius 2 is 0.429 bits per heavy atom. The number of ether oxygens (including phenoxy) is 3. The molecule has 0 fully saturated rings. The molecule has 0 rings (SSSR count). The van der Waals surface area contributed by atoms with E-state index in [1.54, 1.807) is 0 Å². The van der Waals surface area contributed by atoms with Crippen LogP contribution < -0.4 is 0 Å². The first-order chi connectivity index (χ1) is 31.0. The number of hydrogen-bond acceptors (Lipinski definition) is 6. The van der Waals surface area contributed by atoms with Gasteiger partial charge in [-0.05, 0) is 19.3 Å². The molecule has 6 heteroatoms. The van der Waals surface area contributed by atoms with Crippen molar-refractivity contribution in [1.82, 2.24) is 0 Å². The average molecular weight is 892 g/mol. The molecule has 0 aromatic rings. The maximum atomic E-state index is 12.8. The molecule has 63 heavy (non-hydrogen) atoms. The summed E-state index contributed by atoms with van der Waals surface area (Å²) in [6.07, 6.45) is 58.3. The lowest BCUT2D eigenvalue weighted by Crippen LogP contribution is -2.30. The zero-order valence-electron chi connectivity index (χ0n) is 42.9. The summed E-state index contributed by atoms with van der Waals surface area (Å²) in [7, 11) is 0. The molecule has 0 radical (unpaired) electrons. The third-order valence-electron chi connectivity index (χ3n) is 13.1. The second-order valence-corrected chi connectivity index (χ2v) is 19.6. The van der Waals surface area contributed by atoms with Crippen LogP contribution in [-0.4, -0.2) is 37.2 Å². The van der Waals surface area contributed by atoms with Crippen molar-refractivity contribution in [2.24, 2.45) is 0 Å². The van der Waals surface area contributed by atoms with Crippen molar-refractivity contribution in [2.45, 2.75) is 335 Å². The van der Waals surface area contributed by atoms with Crippen LogP contribution in [0.3, 0.4) is 0 Å². The Labute approximate surface area is 393 Å². The van der Waals surface area contributed by atoms with Crippen molar-refractivity contribution < 1.29 is 28.6 Å². The van der Waals surface area contributed by atoms with Gasteiger partial charge in [0.25, 0.3) is 0 Å². The summed E-state index contributed by atoms with van der Waals surface area (Å²) in [5, 5.41) is 0. The second kappa shape index (κ2) is 53.0. The van der Waals surface area contributed by atoms with Crippen LogP contribution in [0.1, 0.15) is 329 Å². The minimum absolute atomic E-state index is 0.0619. The number of rotatable bonds is 53. The van der Waals surface area contributed by atoms with Crippen LogP contribution >= 0.6 is 0 Å². The first kappa shape index (κ1) is 61.4. The lowest BCUT2D eigenvalue weighted by molar-refractivity contribution is -0.167. The quantitative estimate of drug-likeness (QED) is 0.0344. The van der Waals surface area contributed by atoms with Gasteiger partial charge >= 0.3 is 17.9 Å². The maximum absolute atomic E-state index is 12.8. The van der Waals surface area contributed by atoms with Crippen LogP contribution in [0.2, 0.25) is 0 Å². The third kappa shape index (κ3) is 51.3. The highest BCUT2D eigenvalue weighted by Crippen LogP contribution is 2.18. The molecule has 0 aliphatic rings. The fourth-order valence-corrected chi connectivity index (χ4v) is 8.80. The molecule has 0 bridgehead atoms. The van der Waals surface area contributed by atoms with Crippen molar-refractivity contribution in [3.8, 4) is 0 Å². The van der Waals surface area contributed by atoms with Crippen molar-refractivity contribution in [3.05, 3.63) is 0 Å². The van der Waals surface area contributed by atoms with Crippen LogP contribution in [0.5, 0.6) is 0 Å². The minimum Gasteiger partial charge on any atom is -0.462 e. The lowest BCUT2D eigenvalue weighted by Gasteiger charge is -2.18. The van der Waals surface area contributed by atoms with Crippen LogP contribution in [-0.2, 0) is 28.6 Å². The molecular formula is C57H110O6. The van der Waals surface area contributed by atoms with Gasteiger partial charge in [-0.2, -0.15) is 0 Å². The highest BCUT2D eigenvalue weighted by Gasteiger charge is 2.19. The van der Waals surface area contributed by atoms with E-state index in [9.17, 15) is 14.4 Å². The molecule has 0 heterocycles. The Morgan fingerprint density at radius 3 is 0.635 bits per heavy atom. The summed E-state index contributed by atoms with van der Waals surface area (Å²) in [5.41, 5.74) is 0. The highest BCUT2D eigenvalue weighted by atomic mass is 16.6. The molecule has 0 aliphatic carbocycles. The van der Waals surface area contributed by atoms with Crippen LogP contribution in [0.15, 0.2) is 0 Å². The minimum atomic E-state index is -0.759. The van der Waals surface area contributed by atoms with Crippen LogP contribution in [0, 0.1) is 0 Å². The normalized spacial score (nSPS) is 11.9. The summed E-state index contributed by atoms with van der Waals surface area (Å²) in [6.45, 7) is 6.66. The molecule has 6 nitrogen and oxygen atoms in total. The molecule has 0 saturated carbocycles. The van der Waals surface area contributed by atoms with Crippen molar-refractivity contribution in [1.29, 1.82) is 0 Å². The van der Waals surface area contributed by atoms with E-state index in [0.717, 1.165) is 57.8 Å². The molecule has 0 N–H and O–H groups in total. The lowest BCUT2D eigenvalue weighted by atomic mass is 10.0. The standard InChI is InChI=1S/C57H110O6/c1-4-7-10-13-16-18-20-22-24-26-28-30-32-34-36-38-41-44-47-50-56(59)62-53-54(52-61-55(58)49-46-43-40-15-12-9-6-3)63-57(60)51-48-45-42-39-37-35-33-31-29-27-25-23-21-19-17-14-11-8-5-2/h54H,4-53H2,1-3H3/t54-/m0/s1. The zero-order valence-corrected chi connectivity index (χ0v) is 42.9. The molecule has 0 aliphatic heterocycles. The number of hydrogen-bond donors (Lipinski definition) is 0. The maximum Gasteiger partial charge on any atom is 0.306 e. The summed E-state index contributed by atoms with van der Waals surface area (Å²) in [4.78, 5) is 37.9. The summed E-state index contributed by atoms with van der Waals surface area (Å²) in [6, 6.07) is 0. The average Bonchev–Trinajstić information content (AvgIpc) is 3.28. The molecule has 0 saturated heterocycles. The van der Waals surface area contributed by atoms with Gasteiger partial charge in [-0.3, -0.25) is 14.4 Å². The Morgan fingerprint density at radius 1 is 0.254 bits per heavy atom. The van der Waals surface area contributed by atoms with Gasteiger partial charge in [0.05, 0.1) is 0 Å². The number of esters is 3. The predicted octanol–water partition coefficient (Wildman–Crippen LogP) is 18.8. The second-order valence-electron chi connectivity index (χ2n) is 19.6. The van der Waals surface area contributed by atoms with E-state index in [0.29, 0.717) is 19.3 Å². The van der Waals surface area contributed by atoms with Gasteiger partial charge in [0.1, 0.15) is 13.2 Å². The van der Waals surface area contributed by atoms with E-state index in [1.165, 1.54) is 231 Å². The van der Waals surface area contributed by atoms with Gasteiger partial charge in [0.15, 0.2) is 6.10 Å². The monoisotopic (exact) mass is 891 g/mol. The van der Waals surface area contributed by atoms with Gasteiger partial charge in [-0.1, -0.05) is 290 Å². The SMILES string of the molecule is CCCCCCCCCCCCCCCCCCCCCC(=O)OC[C@H](COC(=O)CCCCCCCCC)OC(=O)CCCCCCCCCCCCCCCCCCCCC. The molecule has 0 aromatic heterocycles. The third-order valence-corrected chi connectivity index (χ3v) is 13.1. The first-order valence-electron chi connectivity index (χ1n) is 28.5. The Hall–Kier alpha value is -1.59. The smallest absolute Gasteiger partial charge is 0.306 e. The van der Waals surface area contributed by atoms with Gasteiger partial charge in [0.2, 0.25) is 0 Å². The fraction of sp³-hybridized carbons (Fsp3) is 0.947. The zero-order chi connectivity index (χ0) is 45.8. The van der Waals surface area contributed by atoms with Crippen molar-refractivity contribution in [3.63, 3.8) is 0 Å². The largest absolute Gasteiger partial charge is 0.462 e. The Kier molecular flexibility index (Phi) is 51.7. The van der Waals surface area contributed by atoms with Crippen LogP contribution in [0.25, 0.3) is 0 Å². The number of carbonyl (C=O) groups is 3. The first-order valence-corrected chi connectivity index (χ1v) is 28.5. The molecule has 0 amide bonds. The molecule has 0 unspecified atom stereocenters. The molecule has 0 aromatic carbocycles. The van der Waals surface area contributed by atoms with E-state index in [-0.39, 0.29) is 31.1 Å². The van der Waals surface area contributed by atoms with Crippen molar-refractivity contribution >= 4 is 17.9 Å². The van der Waals surface area contributed by atoms with Gasteiger partial charge < -0.3 is 14.2 Å². The number of carbonyl (C=O) groups excluding carboxylic acids is 3. The highest BCUT2D eigenvalue weighted by molar-refractivity contribution is 5.71. The summed E-state index contributed by atoms with van der Waals surface area (Å²) >= 11 is 0. The van der Waals surface area contributed by atoms with E-state index < -0.39 is 6.10 Å². The Bertz CT molecular complexity index is 936. The summed E-state index contributed by atoms with van der Waals surface area (Å²) in [5.74, 6) is -0.843. The molecule has 374 valence electrons. The van der Waals surface area contributed by atoms with Crippen molar-refractivity contribution in [2.75, 3.05) is 13.2 Å². The van der Waals surface area contributed by atoms with Gasteiger partial charge in [-0.25, -0.2) is 0 Å².